The molecule has 2 aromatic carbocycles. The van der Waals surface area contributed by atoms with Crippen LogP contribution in [0.3, 0.4) is 0 Å². The third-order valence-electron chi connectivity index (χ3n) is 3.50. The van der Waals surface area contributed by atoms with Gasteiger partial charge < -0.3 is 0 Å². The van der Waals surface area contributed by atoms with Crippen LogP contribution >= 0.6 is 47.2 Å². The average Bonchev–Trinajstić information content (AvgIpc) is 2.84. The molecule has 26 heavy (non-hydrogen) atoms. The van der Waals surface area contributed by atoms with Crippen molar-refractivity contribution in [3.05, 3.63) is 68.5 Å². The van der Waals surface area contributed by atoms with Crippen molar-refractivity contribution >= 4 is 69.2 Å². The summed E-state index contributed by atoms with van der Waals surface area (Å²) in [5, 5.41) is 0.698. The molecular formula is C17H8Cl2F3NOS2. The summed E-state index contributed by atoms with van der Waals surface area (Å²) >= 11 is 18.3. The van der Waals surface area contributed by atoms with E-state index in [0.717, 1.165) is 28.8 Å². The highest BCUT2D eigenvalue weighted by Crippen LogP contribution is 2.39. The van der Waals surface area contributed by atoms with Crippen LogP contribution in [0.5, 0.6) is 0 Å². The molecule has 0 bridgehead atoms. The Morgan fingerprint density at radius 2 is 1.69 bits per heavy atom. The minimum atomic E-state index is -4.52. The van der Waals surface area contributed by atoms with Gasteiger partial charge in [-0.2, -0.15) is 13.2 Å². The van der Waals surface area contributed by atoms with Crippen LogP contribution in [0, 0.1) is 0 Å². The molecule has 2 aromatic rings. The van der Waals surface area contributed by atoms with E-state index in [2.05, 4.69) is 0 Å². The molecule has 0 unspecified atom stereocenters. The van der Waals surface area contributed by atoms with Gasteiger partial charge in [0.15, 0.2) is 4.32 Å². The maximum Gasteiger partial charge on any atom is 0.416 e. The van der Waals surface area contributed by atoms with E-state index < -0.39 is 17.6 Å². The summed E-state index contributed by atoms with van der Waals surface area (Å²) in [6, 6.07) is 9.34. The monoisotopic (exact) mass is 433 g/mol. The van der Waals surface area contributed by atoms with Crippen molar-refractivity contribution in [2.75, 3.05) is 4.90 Å². The molecule has 134 valence electrons. The molecule has 1 aliphatic rings. The van der Waals surface area contributed by atoms with Crippen molar-refractivity contribution in [2.45, 2.75) is 6.18 Å². The van der Waals surface area contributed by atoms with Gasteiger partial charge in [-0.3, -0.25) is 9.69 Å². The molecule has 1 saturated heterocycles. The minimum absolute atomic E-state index is 0.0518. The molecular weight excluding hydrogens is 426 g/mol. The lowest BCUT2D eigenvalue weighted by Crippen LogP contribution is -2.27. The molecule has 0 atom stereocenters. The van der Waals surface area contributed by atoms with E-state index in [1.807, 2.05) is 0 Å². The fraction of sp³-hybridized carbons (Fsp3) is 0.0588. The maximum absolute atomic E-state index is 12.9. The fourth-order valence-corrected chi connectivity index (χ4v) is 4.08. The number of thioether (sulfide) groups is 1. The average molecular weight is 434 g/mol. The van der Waals surface area contributed by atoms with Crippen molar-refractivity contribution in [1.82, 2.24) is 0 Å². The number of hydrogen-bond acceptors (Lipinski definition) is 3. The van der Waals surface area contributed by atoms with Crippen molar-refractivity contribution in [2.24, 2.45) is 0 Å². The van der Waals surface area contributed by atoms with Gasteiger partial charge in [0, 0.05) is 15.6 Å². The van der Waals surface area contributed by atoms with Gasteiger partial charge in [0.05, 0.1) is 16.2 Å². The van der Waals surface area contributed by atoms with Gasteiger partial charge in [-0.15, -0.1) is 0 Å². The standard InChI is InChI=1S/C17H8Cl2F3NOS2/c18-12-5-2-6-13(19)11(12)8-14-15(24)23(16(25)26-14)10-4-1-3-9(7-10)17(20,21)22/h1-8H/b14-8-. The Kier molecular flexibility index (Phi) is 5.35. The molecule has 0 saturated carbocycles. The first-order valence-electron chi connectivity index (χ1n) is 7.07. The lowest BCUT2D eigenvalue weighted by Gasteiger charge is -2.16. The zero-order valence-corrected chi connectivity index (χ0v) is 15.8. The first-order valence-corrected chi connectivity index (χ1v) is 9.06. The van der Waals surface area contributed by atoms with E-state index in [0.29, 0.717) is 15.6 Å². The lowest BCUT2D eigenvalue weighted by molar-refractivity contribution is -0.137. The van der Waals surface area contributed by atoms with Gasteiger partial charge in [0.2, 0.25) is 0 Å². The van der Waals surface area contributed by atoms with Crippen molar-refractivity contribution in [1.29, 1.82) is 0 Å². The summed E-state index contributed by atoms with van der Waals surface area (Å²) in [6.45, 7) is 0. The topological polar surface area (TPSA) is 20.3 Å². The zero-order valence-electron chi connectivity index (χ0n) is 12.7. The van der Waals surface area contributed by atoms with Gasteiger partial charge in [0.25, 0.3) is 5.91 Å². The van der Waals surface area contributed by atoms with Crippen molar-refractivity contribution in [3.63, 3.8) is 0 Å². The number of nitrogens with zero attached hydrogens (tertiary/aromatic N) is 1. The second-order valence-electron chi connectivity index (χ2n) is 5.20. The highest BCUT2D eigenvalue weighted by Gasteiger charge is 2.36. The molecule has 0 radical (unpaired) electrons. The molecule has 0 N–H and O–H groups in total. The fourth-order valence-electron chi connectivity index (χ4n) is 2.29. The van der Waals surface area contributed by atoms with Gasteiger partial charge in [-0.05, 0) is 36.4 Å². The van der Waals surface area contributed by atoms with Crippen molar-refractivity contribution < 1.29 is 18.0 Å². The summed E-state index contributed by atoms with van der Waals surface area (Å²) in [5.74, 6) is -0.532. The van der Waals surface area contributed by atoms with Crippen LogP contribution in [0.2, 0.25) is 10.0 Å². The number of amides is 1. The molecule has 9 heteroatoms. The SMILES string of the molecule is O=C1/C(=C/c2c(Cl)cccc2Cl)SC(=S)N1c1cccc(C(F)(F)F)c1. The molecule has 1 heterocycles. The summed E-state index contributed by atoms with van der Waals surface area (Å²) < 4.78 is 38.9. The van der Waals surface area contributed by atoms with Crippen LogP contribution in [-0.4, -0.2) is 10.2 Å². The van der Waals surface area contributed by atoms with E-state index in [-0.39, 0.29) is 14.9 Å². The van der Waals surface area contributed by atoms with Crippen LogP contribution in [0.4, 0.5) is 18.9 Å². The Morgan fingerprint density at radius 3 is 2.31 bits per heavy atom. The van der Waals surface area contributed by atoms with Crippen molar-refractivity contribution in [3.8, 4) is 0 Å². The van der Waals surface area contributed by atoms with Crippen LogP contribution in [0.25, 0.3) is 6.08 Å². The van der Waals surface area contributed by atoms with E-state index >= 15 is 0 Å². The smallest absolute Gasteiger partial charge is 0.268 e. The lowest BCUT2D eigenvalue weighted by atomic mass is 10.1. The van der Waals surface area contributed by atoms with Gasteiger partial charge in [-0.25, -0.2) is 0 Å². The molecule has 0 aliphatic carbocycles. The number of carbonyl (C=O) groups excluding carboxylic acids is 1. The van der Waals surface area contributed by atoms with E-state index in [1.165, 1.54) is 18.2 Å². The largest absolute Gasteiger partial charge is 0.416 e. The third kappa shape index (κ3) is 3.76. The Labute approximate surface area is 166 Å². The predicted molar refractivity (Wildman–Crippen MR) is 104 cm³/mol. The van der Waals surface area contributed by atoms with Gasteiger partial charge in [-0.1, -0.05) is 59.3 Å². The third-order valence-corrected chi connectivity index (χ3v) is 5.46. The van der Waals surface area contributed by atoms with Crippen LogP contribution in [-0.2, 0) is 11.0 Å². The first-order chi connectivity index (χ1) is 12.2. The maximum atomic E-state index is 12.9. The summed E-state index contributed by atoms with van der Waals surface area (Å²) in [6.07, 6.45) is -3.03. The highest BCUT2D eigenvalue weighted by molar-refractivity contribution is 8.27. The van der Waals surface area contributed by atoms with E-state index in [9.17, 15) is 18.0 Å². The molecule has 3 rings (SSSR count). The predicted octanol–water partition coefficient (Wildman–Crippen LogP) is 6.42. The number of anilines is 1. The quantitative estimate of drug-likeness (QED) is 0.402. The molecule has 0 spiro atoms. The Morgan fingerprint density at radius 1 is 1.08 bits per heavy atom. The number of benzene rings is 2. The summed E-state index contributed by atoms with van der Waals surface area (Å²) in [4.78, 5) is 14.0. The first kappa shape index (κ1) is 19.2. The molecule has 2 nitrogen and oxygen atoms in total. The van der Waals surface area contributed by atoms with Crippen LogP contribution < -0.4 is 4.90 Å². The second kappa shape index (κ2) is 7.23. The molecule has 1 aliphatic heterocycles. The number of carbonyl (C=O) groups is 1. The van der Waals surface area contributed by atoms with Gasteiger partial charge in [0.1, 0.15) is 0 Å². The Bertz CT molecular complexity index is 924. The molecule has 0 aromatic heterocycles. The number of alkyl halides is 3. The second-order valence-corrected chi connectivity index (χ2v) is 7.69. The molecule has 1 fully saturated rings. The zero-order chi connectivity index (χ0) is 19.1. The highest BCUT2D eigenvalue weighted by atomic mass is 35.5. The number of rotatable bonds is 2. The summed E-state index contributed by atoms with van der Waals surface area (Å²) in [7, 11) is 0. The number of thiocarbonyl (C=S) groups is 1. The normalized spacial score (nSPS) is 16.7. The minimum Gasteiger partial charge on any atom is -0.268 e. The van der Waals surface area contributed by atoms with Crippen LogP contribution in [0.1, 0.15) is 11.1 Å². The number of hydrogen-bond donors (Lipinski definition) is 0. The van der Waals surface area contributed by atoms with Gasteiger partial charge >= 0.3 is 6.18 Å². The van der Waals surface area contributed by atoms with E-state index in [1.54, 1.807) is 18.2 Å². The number of halogens is 5. The Hall–Kier alpha value is -1.54. The van der Waals surface area contributed by atoms with Crippen LogP contribution in [0.15, 0.2) is 47.4 Å². The van der Waals surface area contributed by atoms with E-state index in [4.69, 9.17) is 35.4 Å². The Balaban J connectivity index is 1.99. The molecule has 1 amide bonds. The summed E-state index contributed by atoms with van der Waals surface area (Å²) in [5.41, 5.74) is -0.362.